The van der Waals surface area contributed by atoms with E-state index in [1.54, 1.807) is 6.20 Å². The molecule has 0 bridgehead atoms. The van der Waals surface area contributed by atoms with Gasteiger partial charge in [-0.15, -0.1) is 0 Å². The summed E-state index contributed by atoms with van der Waals surface area (Å²) in [4.78, 5) is 7.39. The first-order chi connectivity index (χ1) is 8.88. The monoisotopic (exact) mass is 234 g/mol. The molecule has 0 spiro atoms. The van der Waals surface area contributed by atoms with Gasteiger partial charge in [0.1, 0.15) is 23.0 Å². The number of nitriles is 1. The van der Waals surface area contributed by atoms with Crippen molar-refractivity contribution in [1.82, 2.24) is 9.97 Å². The fourth-order valence-corrected chi connectivity index (χ4v) is 1.89. The SMILES string of the molecule is N#Cc1c(Nc2ccccc2)[nH]c2cccnc12. The van der Waals surface area contributed by atoms with Crippen LogP contribution in [-0.2, 0) is 0 Å². The Labute approximate surface area is 104 Å². The topological polar surface area (TPSA) is 64.5 Å². The smallest absolute Gasteiger partial charge is 0.128 e. The van der Waals surface area contributed by atoms with Crippen molar-refractivity contribution in [3.8, 4) is 6.07 Å². The summed E-state index contributed by atoms with van der Waals surface area (Å²) in [7, 11) is 0. The zero-order valence-electron chi connectivity index (χ0n) is 9.51. The molecule has 0 saturated heterocycles. The van der Waals surface area contributed by atoms with Gasteiger partial charge in [0.15, 0.2) is 0 Å². The lowest BCUT2D eigenvalue weighted by molar-refractivity contribution is 1.39. The van der Waals surface area contributed by atoms with Gasteiger partial charge >= 0.3 is 0 Å². The highest BCUT2D eigenvalue weighted by molar-refractivity contribution is 5.89. The molecule has 4 nitrogen and oxygen atoms in total. The lowest BCUT2D eigenvalue weighted by Gasteiger charge is -2.03. The van der Waals surface area contributed by atoms with Crippen LogP contribution in [0.1, 0.15) is 5.56 Å². The quantitative estimate of drug-likeness (QED) is 0.715. The Bertz CT molecular complexity index is 722. The minimum atomic E-state index is 0.537. The molecule has 0 aliphatic carbocycles. The van der Waals surface area contributed by atoms with Crippen molar-refractivity contribution >= 4 is 22.5 Å². The molecular weight excluding hydrogens is 224 g/mol. The van der Waals surface area contributed by atoms with Gasteiger partial charge in [-0.2, -0.15) is 5.26 Å². The van der Waals surface area contributed by atoms with E-state index in [1.165, 1.54) is 0 Å². The molecule has 4 heteroatoms. The van der Waals surface area contributed by atoms with E-state index >= 15 is 0 Å². The third-order valence-electron chi connectivity index (χ3n) is 2.71. The van der Waals surface area contributed by atoms with Crippen LogP contribution < -0.4 is 5.32 Å². The number of benzene rings is 1. The molecule has 0 aliphatic rings. The number of fused-ring (bicyclic) bond motifs is 1. The van der Waals surface area contributed by atoms with Crippen molar-refractivity contribution < 1.29 is 0 Å². The zero-order chi connectivity index (χ0) is 12.4. The van der Waals surface area contributed by atoms with Gasteiger partial charge in [0.25, 0.3) is 0 Å². The Hall–Kier alpha value is -2.80. The first-order valence-electron chi connectivity index (χ1n) is 5.57. The lowest BCUT2D eigenvalue weighted by Crippen LogP contribution is -1.92. The van der Waals surface area contributed by atoms with Crippen LogP contribution in [0.3, 0.4) is 0 Å². The standard InChI is InChI=1S/C14H10N4/c15-9-11-13-12(7-4-8-16-13)18-14(11)17-10-5-2-1-3-6-10/h1-8,17-18H. The largest absolute Gasteiger partial charge is 0.341 e. The van der Waals surface area contributed by atoms with E-state index in [1.807, 2.05) is 42.5 Å². The molecule has 0 aliphatic heterocycles. The van der Waals surface area contributed by atoms with Crippen molar-refractivity contribution in [3.63, 3.8) is 0 Å². The number of hydrogen-bond acceptors (Lipinski definition) is 3. The molecule has 3 rings (SSSR count). The second-order valence-corrected chi connectivity index (χ2v) is 3.88. The minimum Gasteiger partial charge on any atom is -0.341 e. The summed E-state index contributed by atoms with van der Waals surface area (Å²) < 4.78 is 0. The molecule has 0 atom stereocenters. The molecule has 3 aromatic rings. The molecule has 2 heterocycles. The number of aromatic nitrogens is 2. The second-order valence-electron chi connectivity index (χ2n) is 3.88. The number of rotatable bonds is 2. The van der Waals surface area contributed by atoms with Crippen LogP contribution in [0.15, 0.2) is 48.7 Å². The lowest BCUT2D eigenvalue weighted by atomic mass is 10.2. The second kappa shape index (κ2) is 4.22. The molecule has 86 valence electrons. The summed E-state index contributed by atoms with van der Waals surface area (Å²) in [5.41, 5.74) is 3.01. The summed E-state index contributed by atoms with van der Waals surface area (Å²) in [6, 6.07) is 15.6. The number of aromatic amines is 1. The van der Waals surface area contributed by atoms with Gasteiger partial charge in [-0.1, -0.05) is 18.2 Å². The Morgan fingerprint density at radius 3 is 2.72 bits per heavy atom. The Kier molecular flexibility index (Phi) is 2.43. The molecule has 0 fully saturated rings. The fourth-order valence-electron chi connectivity index (χ4n) is 1.89. The normalized spacial score (nSPS) is 10.2. The third-order valence-corrected chi connectivity index (χ3v) is 2.71. The van der Waals surface area contributed by atoms with Crippen LogP contribution in [0.4, 0.5) is 11.5 Å². The van der Waals surface area contributed by atoms with Crippen molar-refractivity contribution in [1.29, 1.82) is 5.26 Å². The van der Waals surface area contributed by atoms with Gasteiger partial charge in [0, 0.05) is 11.9 Å². The Morgan fingerprint density at radius 2 is 1.94 bits per heavy atom. The molecule has 2 N–H and O–H groups in total. The van der Waals surface area contributed by atoms with Gasteiger partial charge in [-0.05, 0) is 24.3 Å². The van der Waals surface area contributed by atoms with Crippen molar-refractivity contribution in [2.75, 3.05) is 5.32 Å². The maximum atomic E-state index is 9.23. The van der Waals surface area contributed by atoms with E-state index in [2.05, 4.69) is 21.4 Å². The summed E-state index contributed by atoms with van der Waals surface area (Å²) in [6.07, 6.45) is 1.68. The molecule has 0 unspecified atom stereocenters. The maximum absolute atomic E-state index is 9.23. The van der Waals surface area contributed by atoms with Crippen LogP contribution in [0, 0.1) is 11.3 Å². The molecule has 18 heavy (non-hydrogen) atoms. The number of para-hydroxylation sites is 1. The number of hydrogen-bond donors (Lipinski definition) is 2. The summed E-state index contributed by atoms with van der Waals surface area (Å²) >= 11 is 0. The van der Waals surface area contributed by atoms with Crippen LogP contribution in [0.5, 0.6) is 0 Å². The maximum Gasteiger partial charge on any atom is 0.128 e. The average Bonchev–Trinajstić information content (AvgIpc) is 2.77. The van der Waals surface area contributed by atoms with Gasteiger partial charge in [-0.25, -0.2) is 0 Å². The summed E-state index contributed by atoms with van der Waals surface area (Å²) in [5.74, 6) is 0.678. The highest BCUT2D eigenvalue weighted by Crippen LogP contribution is 2.26. The number of nitrogens with one attached hydrogen (secondary N) is 2. The van der Waals surface area contributed by atoms with E-state index in [0.29, 0.717) is 16.9 Å². The molecule has 0 radical (unpaired) electrons. The van der Waals surface area contributed by atoms with Gasteiger partial charge in [0.05, 0.1) is 5.52 Å². The van der Waals surface area contributed by atoms with E-state index < -0.39 is 0 Å². The third kappa shape index (κ3) is 1.68. The number of nitrogens with zero attached hydrogens (tertiary/aromatic N) is 2. The van der Waals surface area contributed by atoms with E-state index in [9.17, 15) is 5.26 Å². The highest BCUT2D eigenvalue weighted by atomic mass is 15.0. The number of pyridine rings is 1. The van der Waals surface area contributed by atoms with Crippen LogP contribution in [0.25, 0.3) is 11.0 Å². The van der Waals surface area contributed by atoms with Crippen molar-refractivity contribution in [2.45, 2.75) is 0 Å². The molecule has 2 aromatic heterocycles. The number of anilines is 2. The fraction of sp³-hybridized carbons (Fsp3) is 0. The van der Waals surface area contributed by atoms with Crippen LogP contribution in [0.2, 0.25) is 0 Å². The van der Waals surface area contributed by atoms with Gasteiger partial charge in [-0.3, -0.25) is 4.98 Å². The first-order valence-corrected chi connectivity index (χ1v) is 5.57. The molecule has 1 aromatic carbocycles. The zero-order valence-corrected chi connectivity index (χ0v) is 9.51. The Morgan fingerprint density at radius 1 is 1.11 bits per heavy atom. The first kappa shape index (κ1) is 10.4. The molecule has 0 saturated carbocycles. The van der Waals surface area contributed by atoms with E-state index in [4.69, 9.17) is 0 Å². The highest BCUT2D eigenvalue weighted by Gasteiger charge is 2.11. The minimum absolute atomic E-state index is 0.537. The predicted molar refractivity (Wildman–Crippen MR) is 70.5 cm³/mol. The molecular formula is C14H10N4. The van der Waals surface area contributed by atoms with E-state index in [0.717, 1.165) is 11.2 Å². The average molecular weight is 234 g/mol. The Balaban J connectivity index is 2.10. The van der Waals surface area contributed by atoms with Crippen LogP contribution >= 0.6 is 0 Å². The van der Waals surface area contributed by atoms with Gasteiger partial charge in [0.2, 0.25) is 0 Å². The van der Waals surface area contributed by atoms with Crippen molar-refractivity contribution in [2.24, 2.45) is 0 Å². The summed E-state index contributed by atoms with van der Waals surface area (Å²) in [5, 5.41) is 12.4. The molecule has 0 amide bonds. The van der Waals surface area contributed by atoms with Gasteiger partial charge < -0.3 is 10.3 Å². The summed E-state index contributed by atoms with van der Waals surface area (Å²) in [6.45, 7) is 0. The van der Waals surface area contributed by atoms with Crippen LogP contribution in [-0.4, -0.2) is 9.97 Å². The van der Waals surface area contributed by atoms with E-state index in [-0.39, 0.29) is 0 Å². The predicted octanol–water partition coefficient (Wildman–Crippen LogP) is 3.18. The number of H-pyrrole nitrogens is 1. The van der Waals surface area contributed by atoms with Crippen molar-refractivity contribution in [3.05, 3.63) is 54.2 Å².